The lowest BCUT2D eigenvalue weighted by molar-refractivity contribution is -0.134. The third-order valence-corrected chi connectivity index (χ3v) is 5.72. The van der Waals surface area contributed by atoms with Crippen LogP contribution in [-0.4, -0.2) is 40.8 Å². The van der Waals surface area contributed by atoms with E-state index in [1.54, 1.807) is 6.92 Å². The molecular weight excluding hydrogens is 340 g/mol. The molecule has 138 valence electrons. The van der Waals surface area contributed by atoms with Crippen LogP contribution in [0.2, 0.25) is 0 Å². The third kappa shape index (κ3) is 3.06. The van der Waals surface area contributed by atoms with Gasteiger partial charge in [0, 0.05) is 30.1 Å². The molecule has 26 heavy (non-hydrogen) atoms. The zero-order valence-corrected chi connectivity index (χ0v) is 14.6. The maximum absolute atomic E-state index is 13.3. The van der Waals surface area contributed by atoms with Crippen molar-refractivity contribution in [1.29, 1.82) is 0 Å². The van der Waals surface area contributed by atoms with Crippen LogP contribution in [0.3, 0.4) is 0 Å². The van der Waals surface area contributed by atoms with Crippen LogP contribution in [-0.2, 0) is 4.79 Å². The highest BCUT2D eigenvalue weighted by Gasteiger charge is 2.45. The fourth-order valence-corrected chi connectivity index (χ4v) is 3.74. The summed E-state index contributed by atoms with van der Waals surface area (Å²) < 4.78 is 26.6. The van der Waals surface area contributed by atoms with Gasteiger partial charge in [0.05, 0.1) is 0 Å². The number of aromatic amines is 1. The molecule has 0 radical (unpaired) electrons. The van der Waals surface area contributed by atoms with Crippen LogP contribution in [0.15, 0.2) is 18.2 Å². The van der Waals surface area contributed by atoms with Gasteiger partial charge in [-0.15, -0.1) is 0 Å². The number of rotatable bonds is 3. The van der Waals surface area contributed by atoms with Crippen molar-refractivity contribution in [1.82, 2.24) is 15.2 Å². The van der Waals surface area contributed by atoms with Crippen LogP contribution >= 0.6 is 0 Å². The average Bonchev–Trinajstić information content (AvgIpc) is 3.24. The van der Waals surface area contributed by atoms with Gasteiger partial charge in [0.25, 0.3) is 5.91 Å². The minimum absolute atomic E-state index is 0.0953. The molecule has 1 saturated carbocycles. The van der Waals surface area contributed by atoms with Crippen LogP contribution < -0.4 is 5.32 Å². The fraction of sp³-hybridized carbons (Fsp3) is 0.474. The number of nitrogens with zero attached hydrogens (tertiary/aromatic N) is 1. The van der Waals surface area contributed by atoms with Gasteiger partial charge in [-0.2, -0.15) is 0 Å². The van der Waals surface area contributed by atoms with Gasteiger partial charge in [-0.1, -0.05) is 0 Å². The van der Waals surface area contributed by atoms with Crippen LogP contribution in [0, 0.1) is 17.0 Å². The molecule has 2 heterocycles. The number of amides is 2. The van der Waals surface area contributed by atoms with Gasteiger partial charge < -0.3 is 15.2 Å². The van der Waals surface area contributed by atoms with Crippen molar-refractivity contribution >= 4 is 22.7 Å². The van der Waals surface area contributed by atoms with Gasteiger partial charge in [-0.05, 0) is 50.2 Å². The molecule has 2 fully saturated rings. The van der Waals surface area contributed by atoms with Crippen LogP contribution in [0.25, 0.3) is 10.9 Å². The summed E-state index contributed by atoms with van der Waals surface area (Å²) in [5.41, 5.74) is 0.983. The second kappa shape index (κ2) is 6.07. The molecule has 2 aromatic rings. The summed E-state index contributed by atoms with van der Waals surface area (Å²) in [6, 6.07) is 2.84. The molecule has 1 saturated heterocycles. The van der Waals surface area contributed by atoms with Gasteiger partial charge in [-0.25, -0.2) is 8.78 Å². The molecule has 4 rings (SSSR count). The average molecular weight is 361 g/mol. The van der Waals surface area contributed by atoms with Crippen molar-refractivity contribution in [3.05, 3.63) is 35.5 Å². The molecule has 1 aliphatic carbocycles. The fourth-order valence-electron chi connectivity index (χ4n) is 3.74. The van der Waals surface area contributed by atoms with E-state index in [0.717, 1.165) is 38.1 Å². The second-order valence-electron chi connectivity index (χ2n) is 7.56. The summed E-state index contributed by atoms with van der Waals surface area (Å²) >= 11 is 0. The van der Waals surface area contributed by atoms with Crippen LogP contribution in [0.5, 0.6) is 0 Å². The van der Waals surface area contributed by atoms with E-state index in [-0.39, 0.29) is 11.6 Å². The smallest absolute Gasteiger partial charge is 0.268 e. The number of fused-ring (bicyclic) bond motifs is 1. The molecule has 2 N–H and O–H groups in total. The number of piperidine rings is 1. The Morgan fingerprint density at radius 2 is 1.77 bits per heavy atom. The molecule has 2 aliphatic rings. The Morgan fingerprint density at radius 1 is 1.12 bits per heavy atom. The molecule has 1 atom stereocenters. The first kappa shape index (κ1) is 17.0. The molecule has 7 heteroatoms. The van der Waals surface area contributed by atoms with Gasteiger partial charge in [0.1, 0.15) is 11.7 Å². The standard InChI is InChI=1S/C19H21F2N3O2/c1-11(18(26)24-6-4-19(2-3-19)5-7-24)22-17(25)16-9-12-8-13(20)14(21)10-15(12)23-16/h8-11,23H,2-7H2,1H3,(H,22,25)/t11-/m0/s1. The van der Waals surface area contributed by atoms with Gasteiger partial charge in [-0.3, -0.25) is 9.59 Å². The largest absolute Gasteiger partial charge is 0.350 e. The Hall–Kier alpha value is -2.44. The quantitative estimate of drug-likeness (QED) is 0.883. The highest BCUT2D eigenvalue weighted by atomic mass is 19.2. The summed E-state index contributed by atoms with van der Waals surface area (Å²) in [7, 11) is 0. The maximum Gasteiger partial charge on any atom is 0.268 e. The minimum Gasteiger partial charge on any atom is -0.350 e. The topological polar surface area (TPSA) is 65.2 Å². The summed E-state index contributed by atoms with van der Waals surface area (Å²) in [6.45, 7) is 3.14. The SMILES string of the molecule is C[C@H](NC(=O)c1cc2cc(F)c(F)cc2[nH]1)C(=O)N1CCC2(CC1)CC2. The Morgan fingerprint density at radius 3 is 2.42 bits per heavy atom. The minimum atomic E-state index is -0.978. The number of halogens is 2. The van der Waals surface area contributed by atoms with Crippen molar-refractivity contribution in [2.24, 2.45) is 5.41 Å². The number of likely N-dealkylation sites (tertiary alicyclic amines) is 1. The van der Waals surface area contributed by atoms with Gasteiger partial charge >= 0.3 is 0 Å². The van der Waals surface area contributed by atoms with E-state index in [2.05, 4.69) is 10.3 Å². The Kier molecular flexibility index (Phi) is 3.97. The van der Waals surface area contributed by atoms with E-state index in [1.165, 1.54) is 18.9 Å². The van der Waals surface area contributed by atoms with Crippen molar-refractivity contribution in [2.75, 3.05) is 13.1 Å². The number of carbonyl (C=O) groups excluding carboxylic acids is 2. The molecule has 0 unspecified atom stereocenters. The molecule has 1 spiro atoms. The van der Waals surface area contributed by atoms with E-state index < -0.39 is 23.6 Å². The number of aromatic nitrogens is 1. The zero-order chi connectivity index (χ0) is 18.5. The van der Waals surface area contributed by atoms with Crippen molar-refractivity contribution in [3.63, 3.8) is 0 Å². The Balaban J connectivity index is 1.41. The number of benzene rings is 1. The zero-order valence-electron chi connectivity index (χ0n) is 14.6. The van der Waals surface area contributed by atoms with Crippen LogP contribution in [0.4, 0.5) is 8.78 Å². The molecule has 1 aliphatic heterocycles. The van der Waals surface area contributed by atoms with Gasteiger partial charge in [0.15, 0.2) is 11.6 Å². The molecular formula is C19H21F2N3O2. The number of nitrogens with one attached hydrogen (secondary N) is 2. The maximum atomic E-state index is 13.3. The Labute approximate surface area is 149 Å². The first-order valence-electron chi connectivity index (χ1n) is 8.94. The lowest BCUT2D eigenvalue weighted by Crippen LogP contribution is -2.49. The van der Waals surface area contributed by atoms with Crippen molar-refractivity contribution in [2.45, 2.75) is 38.6 Å². The third-order valence-electron chi connectivity index (χ3n) is 5.72. The van der Waals surface area contributed by atoms with E-state index in [1.807, 2.05) is 4.90 Å². The van der Waals surface area contributed by atoms with E-state index in [4.69, 9.17) is 0 Å². The number of H-pyrrole nitrogens is 1. The van der Waals surface area contributed by atoms with E-state index in [9.17, 15) is 18.4 Å². The lowest BCUT2D eigenvalue weighted by Gasteiger charge is -2.33. The highest BCUT2D eigenvalue weighted by Crippen LogP contribution is 2.53. The monoisotopic (exact) mass is 361 g/mol. The first-order valence-corrected chi connectivity index (χ1v) is 8.94. The molecule has 2 amide bonds. The number of hydrogen-bond donors (Lipinski definition) is 2. The molecule has 1 aromatic carbocycles. The highest BCUT2D eigenvalue weighted by molar-refractivity contribution is 6.00. The van der Waals surface area contributed by atoms with Crippen molar-refractivity contribution in [3.8, 4) is 0 Å². The normalized spacial score (nSPS) is 19.6. The summed E-state index contributed by atoms with van der Waals surface area (Å²) in [5, 5.41) is 3.07. The predicted molar refractivity (Wildman–Crippen MR) is 92.6 cm³/mol. The number of hydrogen-bond acceptors (Lipinski definition) is 2. The van der Waals surface area contributed by atoms with E-state index >= 15 is 0 Å². The number of carbonyl (C=O) groups is 2. The first-order chi connectivity index (χ1) is 12.4. The van der Waals surface area contributed by atoms with E-state index in [0.29, 0.717) is 16.3 Å². The summed E-state index contributed by atoms with van der Waals surface area (Å²) in [4.78, 5) is 29.5. The Bertz CT molecular complexity index is 839. The summed E-state index contributed by atoms with van der Waals surface area (Å²) in [6.07, 6.45) is 4.61. The molecule has 0 bridgehead atoms. The predicted octanol–water partition coefficient (Wildman–Crippen LogP) is 2.97. The molecule has 1 aromatic heterocycles. The molecule has 5 nitrogen and oxygen atoms in total. The lowest BCUT2D eigenvalue weighted by atomic mass is 9.93. The second-order valence-corrected chi connectivity index (χ2v) is 7.56. The summed E-state index contributed by atoms with van der Waals surface area (Å²) in [5.74, 6) is -2.51. The van der Waals surface area contributed by atoms with Crippen LogP contribution in [0.1, 0.15) is 43.1 Å². The van der Waals surface area contributed by atoms with Crippen molar-refractivity contribution < 1.29 is 18.4 Å². The van der Waals surface area contributed by atoms with Gasteiger partial charge in [0.2, 0.25) is 5.91 Å².